The summed E-state index contributed by atoms with van der Waals surface area (Å²) in [7, 11) is 0. The number of hydrogen-bond acceptors (Lipinski definition) is 1. The molecular weight excluding hydrogens is 124 g/mol. The van der Waals surface area contributed by atoms with E-state index in [4.69, 9.17) is 0 Å². The lowest BCUT2D eigenvalue weighted by Gasteiger charge is -1.85. The molecule has 1 aromatic rings. The number of nitrogens with zero attached hydrogens (tertiary/aromatic N) is 1. The van der Waals surface area contributed by atoms with Crippen LogP contribution in [0.15, 0.2) is 30.0 Å². The van der Waals surface area contributed by atoms with Crippen molar-refractivity contribution in [3.05, 3.63) is 36.3 Å². The van der Waals surface area contributed by atoms with Crippen molar-refractivity contribution in [3.63, 3.8) is 0 Å². The first kappa shape index (κ1) is 6.81. The molecule has 0 aromatic carbocycles. The van der Waals surface area contributed by atoms with Crippen molar-refractivity contribution in [2.45, 2.75) is 6.92 Å². The van der Waals surface area contributed by atoms with Crippen molar-refractivity contribution in [3.8, 4) is 0 Å². The molecule has 0 aliphatic heterocycles. The van der Waals surface area contributed by atoms with Crippen molar-refractivity contribution in [2.24, 2.45) is 4.99 Å². The molecule has 2 heteroatoms. The Bertz CT molecular complexity index is 246. The van der Waals surface area contributed by atoms with Crippen molar-refractivity contribution in [2.75, 3.05) is 0 Å². The van der Waals surface area contributed by atoms with Gasteiger partial charge in [0.25, 0.3) is 0 Å². The second-order valence-corrected chi connectivity index (χ2v) is 2.04. The number of aromatic nitrogens is 1. The van der Waals surface area contributed by atoms with Crippen LogP contribution in [0.3, 0.4) is 0 Å². The summed E-state index contributed by atoms with van der Waals surface area (Å²) in [5.74, 6) is 0. The van der Waals surface area contributed by atoms with Crippen LogP contribution in [0.5, 0.6) is 0 Å². The van der Waals surface area contributed by atoms with Gasteiger partial charge in [0, 0.05) is 12.4 Å². The summed E-state index contributed by atoms with van der Waals surface area (Å²) in [6.45, 7) is 5.51. The molecule has 0 fully saturated rings. The highest BCUT2D eigenvalue weighted by Crippen LogP contribution is 2.00. The maximum atomic E-state index is 3.88. The van der Waals surface area contributed by atoms with E-state index in [1.165, 1.54) is 11.8 Å². The highest BCUT2D eigenvalue weighted by molar-refractivity contribution is 5.79. The van der Waals surface area contributed by atoms with Crippen molar-refractivity contribution in [1.82, 2.24) is 4.98 Å². The number of H-pyrrole nitrogens is 1. The number of nitrogens with one attached hydrogen (secondary N) is 1. The van der Waals surface area contributed by atoms with Crippen molar-refractivity contribution < 1.29 is 0 Å². The summed E-state index contributed by atoms with van der Waals surface area (Å²) in [4.78, 5) is 6.93. The Labute approximate surface area is 60.3 Å². The average molecular weight is 134 g/mol. The van der Waals surface area contributed by atoms with Gasteiger partial charge in [0.15, 0.2) is 0 Å². The minimum atomic E-state index is 1.04. The molecule has 1 heterocycles. The second-order valence-electron chi connectivity index (χ2n) is 2.04. The SMILES string of the molecule is C=C/N=C\c1[nH]ccc1C. The fraction of sp³-hybridized carbons (Fsp3) is 0.125. The summed E-state index contributed by atoms with van der Waals surface area (Å²) >= 11 is 0. The van der Waals surface area contributed by atoms with E-state index in [0.29, 0.717) is 0 Å². The molecule has 0 amide bonds. The van der Waals surface area contributed by atoms with Crippen LogP contribution < -0.4 is 0 Å². The zero-order valence-electron chi connectivity index (χ0n) is 5.96. The fourth-order valence-corrected chi connectivity index (χ4v) is 0.726. The van der Waals surface area contributed by atoms with Crippen LogP contribution in [0.25, 0.3) is 0 Å². The highest BCUT2D eigenvalue weighted by atomic mass is 14.7. The minimum absolute atomic E-state index is 1.04. The summed E-state index contributed by atoms with van der Waals surface area (Å²) in [5, 5.41) is 0. The molecule has 1 aromatic heterocycles. The van der Waals surface area contributed by atoms with E-state index in [-0.39, 0.29) is 0 Å². The molecule has 2 nitrogen and oxygen atoms in total. The van der Waals surface area contributed by atoms with E-state index in [2.05, 4.69) is 16.6 Å². The van der Waals surface area contributed by atoms with E-state index < -0.39 is 0 Å². The monoisotopic (exact) mass is 134 g/mol. The lowest BCUT2D eigenvalue weighted by molar-refractivity contribution is 1.35. The number of rotatable bonds is 2. The van der Waals surface area contributed by atoms with Gasteiger partial charge in [-0.1, -0.05) is 6.58 Å². The van der Waals surface area contributed by atoms with Gasteiger partial charge >= 0.3 is 0 Å². The molecule has 0 unspecified atom stereocenters. The predicted octanol–water partition coefficient (Wildman–Crippen LogP) is 1.89. The third-order valence-corrected chi connectivity index (χ3v) is 1.31. The van der Waals surface area contributed by atoms with E-state index >= 15 is 0 Å². The van der Waals surface area contributed by atoms with Gasteiger partial charge < -0.3 is 4.98 Å². The van der Waals surface area contributed by atoms with Gasteiger partial charge in [-0.2, -0.15) is 0 Å². The third-order valence-electron chi connectivity index (χ3n) is 1.31. The normalized spacial score (nSPS) is 10.5. The molecular formula is C8H10N2. The van der Waals surface area contributed by atoms with Gasteiger partial charge in [-0.15, -0.1) is 0 Å². The summed E-state index contributed by atoms with van der Waals surface area (Å²) in [6.07, 6.45) is 5.16. The molecule has 0 saturated carbocycles. The molecule has 1 N–H and O–H groups in total. The molecule has 0 atom stereocenters. The van der Waals surface area contributed by atoms with Crippen molar-refractivity contribution >= 4 is 6.21 Å². The standard InChI is InChI=1S/C8H10N2/c1-3-9-6-8-7(2)4-5-10-8/h3-6,10H,1H2,2H3/b9-6-. The molecule has 52 valence electrons. The first-order chi connectivity index (χ1) is 4.84. The second kappa shape index (κ2) is 3.01. The van der Waals surface area contributed by atoms with Crippen LogP contribution in [-0.4, -0.2) is 11.2 Å². The average Bonchev–Trinajstić information content (AvgIpc) is 2.31. The van der Waals surface area contributed by atoms with Gasteiger partial charge in [0.2, 0.25) is 0 Å². The van der Waals surface area contributed by atoms with Crippen LogP contribution in [0.2, 0.25) is 0 Å². The van der Waals surface area contributed by atoms with Gasteiger partial charge in [0.1, 0.15) is 0 Å². The van der Waals surface area contributed by atoms with Crippen molar-refractivity contribution in [1.29, 1.82) is 0 Å². The molecule has 0 aliphatic carbocycles. The minimum Gasteiger partial charge on any atom is -0.360 e. The smallest absolute Gasteiger partial charge is 0.0595 e. The van der Waals surface area contributed by atoms with Gasteiger partial charge in [-0.05, 0) is 18.6 Å². The summed E-state index contributed by atoms with van der Waals surface area (Å²) in [6, 6.07) is 2.00. The van der Waals surface area contributed by atoms with Crippen LogP contribution in [-0.2, 0) is 0 Å². The van der Waals surface area contributed by atoms with Gasteiger partial charge in [0.05, 0.1) is 11.9 Å². The fourth-order valence-electron chi connectivity index (χ4n) is 0.726. The number of aromatic amines is 1. The molecule has 1 rings (SSSR count). The Morgan fingerprint density at radius 1 is 1.70 bits per heavy atom. The quantitative estimate of drug-likeness (QED) is 0.598. The van der Waals surface area contributed by atoms with E-state index in [9.17, 15) is 0 Å². The lowest BCUT2D eigenvalue weighted by atomic mass is 10.3. The Morgan fingerprint density at radius 2 is 2.50 bits per heavy atom. The first-order valence-corrected chi connectivity index (χ1v) is 3.12. The molecule has 0 saturated heterocycles. The highest BCUT2D eigenvalue weighted by Gasteiger charge is 1.91. The predicted molar refractivity (Wildman–Crippen MR) is 43.3 cm³/mol. The largest absolute Gasteiger partial charge is 0.360 e. The lowest BCUT2D eigenvalue weighted by Crippen LogP contribution is -1.81. The topological polar surface area (TPSA) is 28.1 Å². The molecule has 0 radical (unpaired) electrons. The van der Waals surface area contributed by atoms with E-state index in [1.54, 1.807) is 6.21 Å². The maximum absolute atomic E-state index is 3.88. The number of aliphatic imine (C=N–C) groups is 1. The Morgan fingerprint density at radius 3 is 3.00 bits per heavy atom. The van der Waals surface area contributed by atoms with Crippen LogP contribution >= 0.6 is 0 Å². The van der Waals surface area contributed by atoms with Crippen LogP contribution in [0.4, 0.5) is 0 Å². The Kier molecular flexibility index (Phi) is 2.05. The zero-order valence-corrected chi connectivity index (χ0v) is 5.96. The Balaban J connectivity index is 2.83. The van der Waals surface area contributed by atoms with Gasteiger partial charge in [-0.25, -0.2) is 0 Å². The summed E-state index contributed by atoms with van der Waals surface area (Å²) < 4.78 is 0. The summed E-state index contributed by atoms with van der Waals surface area (Å²) in [5.41, 5.74) is 2.24. The molecule has 0 bridgehead atoms. The number of hydrogen-bond donors (Lipinski definition) is 1. The third kappa shape index (κ3) is 1.35. The first-order valence-electron chi connectivity index (χ1n) is 3.12. The molecule has 0 spiro atoms. The molecule has 0 aliphatic rings. The van der Waals surface area contributed by atoms with E-state index in [0.717, 1.165) is 5.69 Å². The zero-order chi connectivity index (χ0) is 7.40. The van der Waals surface area contributed by atoms with Crippen LogP contribution in [0.1, 0.15) is 11.3 Å². The maximum Gasteiger partial charge on any atom is 0.0595 e. The molecule has 10 heavy (non-hydrogen) atoms. The van der Waals surface area contributed by atoms with E-state index in [1.807, 2.05) is 19.2 Å². The number of aryl methyl sites for hydroxylation is 1. The Hall–Kier alpha value is -1.31. The van der Waals surface area contributed by atoms with Gasteiger partial charge in [-0.3, -0.25) is 4.99 Å². The van der Waals surface area contributed by atoms with Crippen LogP contribution in [0, 0.1) is 6.92 Å².